The average Bonchev–Trinajstić information content (AvgIpc) is 2.04. The van der Waals surface area contributed by atoms with Crippen LogP contribution >= 0.6 is 0 Å². The normalized spacial score (nSPS) is 13.2. The van der Waals surface area contributed by atoms with E-state index in [9.17, 15) is 9.00 Å². The molecule has 0 fully saturated rings. The third-order valence-corrected chi connectivity index (χ3v) is 2.99. The summed E-state index contributed by atoms with van der Waals surface area (Å²) in [4.78, 5) is 13.8. The Bertz CT molecular complexity index is 323. The average molecular weight is 185 g/mol. The Hall–Kier alpha value is -0.900. The summed E-state index contributed by atoms with van der Waals surface area (Å²) in [6.07, 6.45) is 1.50. The van der Waals surface area contributed by atoms with E-state index in [1.54, 1.807) is 6.07 Å². The van der Waals surface area contributed by atoms with Crippen molar-refractivity contribution in [3.05, 3.63) is 28.7 Å². The molecule has 0 aliphatic rings. The molecule has 1 aromatic heterocycles. The van der Waals surface area contributed by atoms with Gasteiger partial charge in [0.2, 0.25) is 5.56 Å². The second kappa shape index (κ2) is 3.67. The van der Waals surface area contributed by atoms with Crippen molar-refractivity contribution in [2.45, 2.75) is 24.0 Å². The molecule has 4 heteroatoms. The Morgan fingerprint density at radius 2 is 2.08 bits per heavy atom. The highest BCUT2D eigenvalue weighted by atomic mass is 32.2. The van der Waals surface area contributed by atoms with Gasteiger partial charge in [-0.3, -0.25) is 9.00 Å². The Labute approximate surface area is 73.3 Å². The zero-order valence-electron chi connectivity index (χ0n) is 7.03. The maximum Gasteiger partial charge on any atom is 0.247 e. The highest BCUT2D eigenvalue weighted by Crippen LogP contribution is 2.06. The van der Waals surface area contributed by atoms with Crippen molar-refractivity contribution in [1.29, 1.82) is 0 Å². The molecule has 0 aromatic carbocycles. The van der Waals surface area contributed by atoms with Crippen LogP contribution in [0.15, 0.2) is 28.0 Å². The highest BCUT2D eigenvalue weighted by Gasteiger charge is 2.07. The zero-order valence-corrected chi connectivity index (χ0v) is 7.85. The van der Waals surface area contributed by atoms with Gasteiger partial charge in [0.25, 0.3) is 0 Å². The second-order valence-corrected chi connectivity index (χ2v) is 4.74. The molecule has 0 amide bonds. The van der Waals surface area contributed by atoms with Crippen molar-refractivity contribution in [2.24, 2.45) is 0 Å². The van der Waals surface area contributed by atoms with E-state index in [1.807, 2.05) is 13.8 Å². The first-order valence-electron chi connectivity index (χ1n) is 3.70. The van der Waals surface area contributed by atoms with Gasteiger partial charge in [0.1, 0.15) is 0 Å². The highest BCUT2D eigenvalue weighted by molar-refractivity contribution is 7.85. The van der Waals surface area contributed by atoms with Gasteiger partial charge in [-0.15, -0.1) is 0 Å². The van der Waals surface area contributed by atoms with E-state index < -0.39 is 10.8 Å². The van der Waals surface area contributed by atoms with Crippen molar-refractivity contribution in [1.82, 2.24) is 4.98 Å². The first-order chi connectivity index (χ1) is 5.61. The van der Waals surface area contributed by atoms with Crippen LogP contribution in [0.1, 0.15) is 13.8 Å². The van der Waals surface area contributed by atoms with Crippen LogP contribution in [0.5, 0.6) is 0 Å². The lowest BCUT2D eigenvalue weighted by Crippen LogP contribution is -2.09. The molecular weight excluding hydrogens is 174 g/mol. The monoisotopic (exact) mass is 185 g/mol. The number of rotatable bonds is 2. The molecule has 1 aromatic rings. The number of H-pyrrole nitrogens is 1. The van der Waals surface area contributed by atoms with Crippen LogP contribution in [0.4, 0.5) is 0 Å². The lowest BCUT2D eigenvalue weighted by atomic mass is 10.5. The van der Waals surface area contributed by atoms with Crippen LogP contribution in [-0.2, 0) is 10.8 Å². The number of hydrogen-bond acceptors (Lipinski definition) is 2. The first-order valence-corrected chi connectivity index (χ1v) is 4.92. The summed E-state index contributed by atoms with van der Waals surface area (Å²) in [6, 6.07) is 2.98. The molecule has 0 aliphatic heterocycles. The maximum atomic E-state index is 11.4. The number of pyridine rings is 1. The zero-order chi connectivity index (χ0) is 9.14. The predicted molar refractivity (Wildman–Crippen MR) is 48.6 cm³/mol. The molecule has 3 nitrogen and oxygen atoms in total. The largest absolute Gasteiger partial charge is 0.328 e. The van der Waals surface area contributed by atoms with E-state index in [4.69, 9.17) is 0 Å². The van der Waals surface area contributed by atoms with Gasteiger partial charge in [0.05, 0.1) is 15.7 Å². The van der Waals surface area contributed by atoms with Crippen LogP contribution < -0.4 is 5.56 Å². The summed E-state index contributed by atoms with van der Waals surface area (Å²) in [6.45, 7) is 3.75. The fraction of sp³-hybridized carbons (Fsp3) is 0.375. The van der Waals surface area contributed by atoms with Crippen LogP contribution in [0.2, 0.25) is 0 Å². The molecule has 1 unspecified atom stereocenters. The molecule has 0 radical (unpaired) electrons. The smallest absolute Gasteiger partial charge is 0.247 e. The SMILES string of the molecule is CC(C)S(=O)c1ccc(=O)[nH]c1. The molecule has 66 valence electrons. The number of aromatic amines is 1. The summed E-state index contributed by atoms with van der Waals surface area (Å²) < 4.78 is 11.4. The first kappa shape index (κ1) is 9.19. The van der Waals surface area contributed by atoms with Crippen LogP contribution in [0.3, 0.4) is 0 Å². The Balaban J connectivity index is 2.98. The quantitative estimate of drug-likeness (QED) is 0.744. The summed E-state index contributed by atoms with van der Waals surface area (Å²) in [5, 5.41) is 0.0795. The molecule has 1 rings (SSSR count). The van der Waals surface area contributed by atoms with Crippen LogP contribution in [0, 0.1) is 0 Å². The van der Waals surface area contributed by atoms with E-state index in [0.717, 1.165) is 0 Å². The van der Waals surface area contributed by atoms with Gasteiger partial charge in [0.15, 0.2) is 0 Å². The second-order valence-electron chi connectivity index (χ2n) is 2.73. The maximum absolute atomic E-state index is 11.4. The third-order valence-electron chi connectivity index (χ3n) is 1.42. The topological polar surface area (TPSA) is 49.9 Å². The number of aromatic nitrogens is 1. The molecule has 0 bridgehead atoms. The van der Waals surface area contributed by atoms with E-state index in [-0.39, 0.29) is 10.8 Å². The van der Waals surface area contributed by atoms with Gasteiger partial charge in [0, 0.05) is 17.5 Å². The van der Waals surface area contributed by atoms with Gasteiger partial charge in [-0.1, -0.05) is 13.8 Å². The summed E-state index contributed by atoms with van der Waals surface area (Å²) in [5.41, 5.74) is -0.167. The minimum atomic E-state index is -1.01. The number of hydrogen-bond donors (Lipinski definition) is 1. The van der Waals surface area contributed by atoms with Gasteiger partial charge in [-0.2, -0.15) is 0 Å². The van der Waals surface area contributed by atoms with Crippen molar-refractivity contribution >= 4 is 10.8 Å². The minimum Gasteiger partial charge on any atom is -0.328 e. The Kier molecular flexibility index (Phi) is 2.81. The lowest BCUT2D eigenvalue weighted by molar-refractivity contribution is 0.676. The third kappa shape index (κ3) is 2.04. The minimum absolute atomic E-state index is 0.0795. The number of nitrogens with one attached hydrogen (secondary N) is 1. The summed E-state index contributed by atoms with van der Waals surface area (Å²) in [5.74, 6) is 0. The van der Waals surface area contributed by atoms with Gasteiger partial charge < -0.3 is 4.98 Å². The Morgan fingerprint density at radius 1 is 1.42 bits per heavy atom. The van der Waals surface area contributed by atoms with Crippen molar-refractivity contribution in [3.8, 4) is 0 Å². The van der Waals surface area contributed by atoms with Crippen LogP contribution in [0.25, 0.3) is 0 Å². The molecule has 12 heavy (non-hydrogen) atoms. The summed E-state index contributed by atoms with van der Waals surface area (Å²) >= 11 is 0. The van der Waals surface area contributed by atoms with E-state index in [0.29, 0.717) is 4.90 Å². The van der Waals surface area contributed by atoms with E-state index >= 15 is 0 Å². The standard InChI is InChI=1S/C8H11NO2S/c1-6(2)12(11)7-3-4-8(10)9-5-7/h3-6H,1-2H3,(H,9,10). The van der Waals surface area contributed by atoms with Crippen LogP contribution in [-0.4, -0.2) is 14.4 Å². The Morgan fingerprint density at radius 3 is 2.50 bits per heavy atom. The fourth-order valence-corrected chi connectivity index (χ4v) is 1.72. The van der Waals surface area contributed by atoms with Gasteiger partial charge in [-0.05, 0) is 6.07 Å². The summed E-state index contributed by atoms with van der Waals surface area (Å²) in [7, 11) is -1.01. The molecular formula is C8H11NO2S. The van der Waals surface area contributed by atoms with Gasteiger partial charge >= 0.3 is 0 Å². The molecule has 0 saturated carbocycles. The fourth-order valence-electron chi connectivity index (χ4n) is 0.794. The lowest BCUT2D eigenvalue weighted by Gasteiger charge is -2.03. The molecule has 1 heterocycles. The predicted octanol–water partition coefficient (Wildman–Crippen LogP) is 0.891. The molecule has 0 spiro atoms. The van der Waals surface area contributed by atoms with E-state index in [2.05, 4.69) is 4.98 Å². The molecule has 1 atom stereocenters. The van der Waals surface area contributed by atoms with Gasteiger partial charge in [-0.25, -0.2) is 0 Å². The molecule has 0 saturated heterocycles. The van der Waals surface area contributed by atoms with Crippen molar-refractivity contribution in [3.63, 3.8) is 0 Å². The van der Waals surface area contributed by atoms with Crippen molar-refractivity contribution < 1.29 is 4.21 Å². The van der Waals surface area contributed by atoms with E-state index in [1.165, 1.54) is 12.3 Å². The molecule has 0 aliphatic carbocycles. The van der Waals surface area contributed by atoms with Crippen molar-refractivity contribution in [2.75, 3.05) is 0 Å². The molecule has 1 N–H and O–H groups in total.